The molecule has 2 aromatic heterocycles. The standard InChI is InChI=1S/C11H10BrN3O2/c1-6-10(7(2)17-15-6)11(16)14-9-4-3-8(12)5-13-9/h3-5H,1-2H3,(H,13,14,16). The molecule has 0 aromatic carbocycles. The van der Waals surface area contributed by atoms with Crippen LogP contribution in [0.1, 0.15) is 21.8 Å². The summed E-state index contributed by atoms with van der Waals surface area (Å²) in [5.41, 5.74) is 1.02. The Labute approximate surface area is 106 Å². The number of hydrogen-bond acceptors (Lipinski definition) is 4. The molecule has 0 aliphatic rings. The van der Waals surface area contributed by atoms with Crippen LogP contribution in [0.3, 0.4) is 0 Å². The second kappa shape index (κ2) is 4.67. The third kappa shape index (κ3) is 2.52. The first kappa shape index (κ1) is 11.8. The van der Waals surface area contributed by atoms with Crippen LogP contribution in [0.15, 0.2) is 27.3 Å². The molecule has 88 valence electrons. The molecule has 1 N–H and O–H groups in total. The minimum absolute atomic E-state index is 0.268. The van der Waals surface area contributed by atoms with Crippen molar-refractivity contribution in [2.45, 2.75) is 13.8 Å². The fraction of sp³-hybridized carbons (Fsp3) is 0.182. The van der Waals surface area contributed by atoms with E-state index in [1.165, 1.54) is 0 Å². The summed E-state index contributed by atoms with van der Waals surface area (Å²) >= 11 is 3.27. The van der Waals surface area contributed by atoms with Crippen LogP contribution in [0.4, 0.5) is 5.82 Å². The normalized spacial score (nSPS) is 10.3. The van der Waals surface area contributed by atoms with Gasteiger partial charge in [-0.05, 0) is 41.9 Å². The minimum atomic E-state index is -0.268. The Morgan fingerprint density at radius 2 is 2.18 bits per heavy atom. The van der Waals surface area contributed by atoms with Gasteiger partial charge in [0.2, 0.25) is 0 Å². The molecule has 2 rings (SSSR count). The Balaban J connectivity index is 2.20. The van der Waals surface area contributed by atoms with Gasteiger partial charge >= 0.3 is 0 Å². The zero-order valence-electron chi connectivity index (χ0n) is 9.32. The van der Waals surface area contributed by atoms with Gasteiger partial charge in [-0.3, -0.25) is 4.79 Å². The van der Waals surface area contributed by atoms with Crippen molar-refractivity contribution in [2.24, 2.45) is 0 Å². The largest absolute Gasteiger partial charge is 0.361 e. The Hall–Kier alpha value is -1.69. The smallest absolute Gasteiger partial charge is 0.262 e. The van der Waals surface area contributed by atoms with Gasteiger partial charge in [-0.1, -0.05) is 5.16 Å². The summed E-state index contributed by atoms with van der Waals surface area (Å²) in [5, 5.41) is 6.41. The van der Waals surface area contributed by atoms with Crippen molar-refractivity contribution in [2.75, 3.05) is 5.32 Å². The monoisotopic (exact) mass is 295 g/mol. The van der Waals surface area contributed by atoms with Crippen molar-refractivity contribution in [1.29, 1.82) is 0 Å². The first-order valence-corrected chi connectivity index (χ1v) is 5.73. The van der Waals surface area contributed by atoms with Crippen LogP contribution in [0, 0.1) is 13.8 Å². The molecule has 0 aliphatic heterocycles. The molecule has 0 saturated carbocycles. The minimum Gasteiger partial charge on any atom is -0.361 e. The number of anilines is 1. The van der Waals surface area contributed by atoms with Crippen LogP contribution < -0.4 is 5.32 Å². The molecule has 0 fully saturated rings. The van der Waals surface area contributed by atoms with Gasteiger partial charge in [0.15, 0.2) is 0 Å². The van der Waals surface area contributed by atoms with E-state index in [1.54, 1.807) is 32.2 Å². The van der Waals surface area contributed by atoms with Gasteiger partial charge < -0.3 is 9.84 Å². The first-order valence-electron chi connectivity index (χ1n) is 4.93. The quantitative estimate of drug-likeness (QED) is 0.925. The molecule has 2 heterocycles. The van der Waals surface area contributed by atoms with Crippen LogP contribution in [-0.4, -0.2) is 16.0 Å². The highest BCUT2D eigenvalue weighted by atomic mass is 79.9. The summed E-state index contributed by atoms with van der Waals surface area (Å²) in [7, 11) is 0. The van der Waals surface area contributed by atoms with Gasteiger partial charge in [0.1, 0.15) is 17.1 Å². The zero-order chi connectivity index (χ0) is 12.4. The summed E-state index contributed by atoms with van der Waals surface area (Å²) in [4.78, 5) is 16.0. The van der Waals surface area contributed by atoms with Crippen LogP contribution in [0.25, 0.3) is 0 Å². The second-order valence-electron chi connectivity index (χ2n) is 3.51. The zero-order valence-corrected chi connectivity index (χ0v) is 10.9. The van der Waals surface area contributed by atoms with Crippen molar-refractivity contribution in [3.63, 3.8) is 0 Å². The lowest BCUT2D eigenvalue weighted by Crippen LogP contribution is -2.14. The molecule has 5 nitrogen and oxygen atoms in total. The number of hydrogen-bond donors (Lipinski definition) is 1. The lowest BCUT2D eigenvalue weighted by molar-refractivity contribution is 0.102. The Kier molecular flexibility index (Phi) is 3.23. The third-order valence-electron chi connectivity index (χ3n) is 2.23. The van der Waals surface area contributed by atoms with E-state index in [1.807, 2.05) is 0 Å². The maximum Gasteiger partial charge on any atom is 0.262 e. The predicted molar refractivity (Wildman–Crippen MR) is 65.9 cm³/mol. The summed E-state index contributed by atoms with van der Waals surface area (Å²) in [6.07, 6.45) is 1.61. The van der Waals surface area contributed by atoms with Crippen LogP contribution >= 0.6 is 15.9 Å². The molecule has 0 unspecified atom stereocenters. The van der Waals surface area contributed by atoms with Gasteiger partial charge in [0, 0.05) is 10.7 Å². The van der Waals surface area contributed by atoms with Crippen LogP contribution in [-0.2, 0) is 0 Å². The first-order chi connectivity index (χ1) is 8.08. The van der Waals surface area contributed by atoms with Crippen LogP contribution in [0.5, 0.6) is 0 Å². The van der Waals surface area contributed by atoms with Crippen molar-refractivity contribution in [3.8, 4) is 0 Å². The summed E-state index contributed by atoms with van der Waals surface area (Å²) < 4.78 is 5.79. The van der Waals surface area contributed by atoms with E-state index in [0.717, 1.165) is 4.47 Å². The molecule has 0 spiro atoms. The van der Waals surface area contributed by atoms with E-state index in [4.69, 9.17) is 4.52 Å². The topological polar surface area (TPSA) is 68.0 Å². The SMILES string of the molecule is Cc1noc(C)c1C(=O)Nc1ccc(Br)cn1. The number of aromatic nitrogens is 2. The molecule has 17 heavy (non-hydrogen) atoms. The molecule has 0 saturated heterocycles. The van der Waals surface area contributed by atoms with Gasteiger partial charge in [0.25, 0.3) is 5.91 Å². The highest BCUT2D eigenvalue weighted by molar-refractivity contribution is 9.10. The lowest BCUT2D eigenvalue weighted by atomic mass is 10.2. The van der Waals surface area contributed by atoms with Crippen LogP contribution in [0.2, 0.25) is 0 Å². The van der Waals surface area contributed by atoms with E-state index >= 15 is 0 Å². The lowest BCUT2D eigenvalue weighted by Gasteiger charge is -2.03. The number of carbonyl (C=O) groups excluding carboxylic acids is 1. The third-order valence-corrected chi connectivity index (χ3v) is 2.70. The van der Waals surface area contributed by atoms with E-state index < -0.39 is 0 Å². The molecule has 0 radical (unpaired) electrons. The van der Waals surface area contributed by atoms with E-state index in [9.17, 15) is 4.79 Å². The summed E-state index contributed by atoms with van der Waals surface area (Å²) in [5.74, 6) is 0.714. The maximum absolute atomic E-state index is 11.9. The molecule has 0 atom stereocenters. The number of aryl methyl sites for hydroxylation is 2. The number of amides is 1. The maximum atomic E-state index is 11.9. The van der Waals surface area contributed by atoms with E-state index in [-0.39, 0.29) is 5.91 Å². The Bertz CT molecular complexity index is 529. The molecule has 0 aliphatic carbocycles. The second-order valence-corrected chi connectivity index (χ2v) is 4.43. The van der Waals surface area contributed by atoms with E-state index in [2.05, 4.69) is 31.4 Å². The summed E-state index contributed by atoms with van der Waals surface area (Å²) in [6, 6.07) is 3.51. The van der Waals surface area contributed by atoms with Gasteiger partial charge in [-0.15, -0.1) is 0 Å². The number of carbonyl (C=O) groups is 1. The van der Waals surface area contributed by atoms with Gasteiger partial charge in [-0.2, -0.15) is 0 Å². The van der Waals surface area contributed by atoms with Crippen molar-refractivity contribution in [3.05, 3.63) is 39.8 Å². The molecular formula is C11H10BrN3O2. The van der Waals surface area contributed by atoms with Crippen molar-refractivity contribution >= 4 is 27.7 Å². The number of halogens is 1. The average Bonchev–Trinajstić information content (AvgIpc) is 2.62. The summed E-state index contributed by atoms with van der Waals surface area (Å²) in [6.45, 7) is 3.42. The number of nitrogens with zero attached hydrogens (tertiary/aromatic N) is 2. The predicted octanol–water partition coefficient (Wildman–Crippen LogP) is 2.70. The molecular weight excluding hydrogens is 286 g/mol. The molecule has 6 heteroatoms. The Morgan fingerprint density at radius 3 is 2.71 bits per heavy atom. The fourth-order valence-electron chi connectivity index (χ4n) is 1.44. The fourth-order valence-corrected chi connectivity index (χ4v) is 1.67. The highest BCUT2D eigenvalue weighted by Gasteiger charge is 2.17. The van der Waals surface area contributed by atoms with Crippen molar-refractivity contribution in [1.82, 2.24) is 10.1 Å². The number of nitrogens with one attached hydrogen (secondary N) is 1. The number of pyridine rings is 1. The van der Waals surface area contributed by atoms with Gasteiger partial charge in [-0.25, -0.2) is 4.98 Å². The average molecular weight is 296 g/mol. The van der Waals surface area contributed by atoms with Gasteiger partial charge in [0.05, 0.1) is 5.69 Å². The molecule has 2 aromatic rings. The van der Waals surface area contributed by atoms with E-state index in [0.29, 0.717) is 22.8 Å². The molecule has 1 amide bonds. The number of rotatable bonds is 2. The Morgan fingerprint density at radius 1 is 1.41 bits per heavy atom. The van der Waals surface area contributed by atoms with Crippen molar-refractivity contribution < 1.29 is 9.32 Å². The highest BCUT2D eigenvalue weighted by Crippen LogP contribution is 2.15. The molecule has 0 bridgehead atoms.